The van der Waals surface area contributed by atoms with Crippen molar-refractivity contribution in [1.82, 2.24) is 4.57 Å². The van der Waals surface area contributed by atoms with E-state index in [1.807, 2.05) is 26.0 Å². The summed E-state index contributed by atoms with van der Waals surface area (Å²) in [5, 5.41) is 3.22. The van der Waals surface area contributed by atoms with Gasteiger partial charge in [-0.3, -0.25) is 9.59 Å². The molecule has 0 unspecified atom stereocenters. The van der Waals surface area contributed by atoms with Crippen LogP contribution in [0.4, 0.5) is 10.1 Å². The Kier molecular flexibility index (Phi) is 4.59. The van der Waals surface area contributed by atoms with Crippen LogP contribution in [-0.4, -0.2) is 10.5 Å². The molecule has 0 spiro atoms. The lowest BCUT2D eigenvalue weighted by molar-refractivity contribution is -0.116. The summed E-state index contributed by atoms with van der Waals surface area (Å²) in [6.45, 7) is 3.84. The second kappa shape index (κ2) is 6.69. The van der Waals surface area contributed by atoms with Crippen molar-refractivity contribution in [3.8, 4) is 0 Å². The number of nitrogens with zero attached hydrogens (tertiary/aromatic N) is 1. The van der Waals surface area contributed by atoms with Crippen molar-refractivity contribution in [1.29, 1.82) is 0 Å². The smallest absolute Gasteiger partial charge is 0.244 e. The van der Waals surface area contributed by atoms with Crippen molar-refractivity contribution in [2.45, 2.75) is 20.4 Å². The average Bonchev–Trinajstić information content (AvgIpc) is 2.53. The molecule has 2 aromatic carbocycles. The Morgan fingerprint density at radius 3 is 2.68 bits per heavy atom. The fraction of sp³-hybridized carbons (Fsp3) is 0.158. The zero-order valence-corrected chi connectivity index (χ0v) is 14.5. The molecule has 6 heteroatoms. The number of pyridine rings is 1. The molecule has 4 nitrogen and oxygen atoms in total. The molecular formula is C19H16ClFN2O2. The number of halogens is 2. The van der Waals surface area contributed by atoms with Gasteiger partial charge >= 0.3 is 0 Å². The van der Waals surface area contributed by atoms with Crippen LogP contribution in [-0.2, 0) is 11.3 Å². The minimum absolute atomic E-state index is 0.0225. The molecule has 1 heterocycles. The number of benzene rings is 2. The van der Waals surface area contributed by atoms with Gasteiger partial charge in [-0.1, -0.05) is 17.7 Å². The van der Waals surface area contributed by atoms with Gasteiger partial charge in [0, 0.05) is 23.3 Å². The third-order valence-corrected chi connectivity index (χ3v) is 4.23. The summed E-state index contributed by atoms with van der Waals surface area (Å²) in [5.41, 5.74) is 2.93. The molecule has 25 heavy (non-hydrogen) atoms. The van der Waals surface area contributed by atoms with Crippen molar-refractivity contribution in [3.05, 3.63) is 74.8 Å². The van der Waals surface area contributed by atoms with Gasteiger partial charge in [-0.25, -0.2) is 4.39 Å². The van der Waals surface area contributed by atoms with Gasteiger partial charge < -0.3 is 9.88 Å². The largest absolute Gasteiger partial charge is 0.338 e. The van der Waals surface area contributed by atoms with Gasteiger partial charge in [0.05, 0.1) is 10.5 Å². The van der Waals surface area contributed by atoms with E-state index in [9.17, 15) is 14.0 Å². The van der Waals surface area contributed by atoms with E-state index in [0.717, 1.165) is 11.1 Å². The van der Waals surface area contributed by atoms with E-state index in [1.165, 1.54) is 24.3 Å². The Hall–Kier alpha value is -2.66. The number of fused-ring (bicyclic) bond motifs is 1. The Morgan fingerprint density at radius 2 is 1.96 bits per heavy atom. The summed E-state index contributed by atoms with van der Waals surface area (Å²) in [5.74, 6) is -0.844. The lowest BCUT2D eigenvalue weighted by Gasteiger charge is -2.13. The quantitative estimate of drug-likeness (QED) is 0.768. The van der Waals surface area contributed by atoms with Crippen LogP contribution in [0.5, 0.6) is 0 Å². The molecule has 0 bridgehead atoms. The number of amides is 1. The number of anilines is 1. The number of carbonyl (C=O) groups excluding carboxylic acids is 1. The number of aromatic nitrogens is 1. The molecule has 0 aliphatic heterocycles. The van der Waals surface area contributed by atoms with E-state index >= 15 is 0 Å². The molecule has 128 valence electrons. The predicted octanol–water partition coefficient (Wildman–Crippen LogP) is 4.05. The molecule has 1 N–H and O–H groups in total. The second-order valence-corrected chi connectivity index (χ2v) is 6.37. The van der Waals surface area contributed by atoms with Crippen LogP contribution in [0.25, 0.3) is 10.9 Å². The highest BCUT2D eigenvalue weighted by Crippen LogP contribution is 2.20. The molecular weight excluding hydrogens is 343 g/mol. The minimum atomic E-state index is -0.544. The average molecular weight is 359 g/mol. The summed E-state index contributed by atoms with van der Waals surface area (Å²) in [6, 6.07) is 9.26. The van der Waals surface area contributed by atoms with Crippen molar-refractivity contribution < 1.29 is 9.18 Å². The molecule has 0 radical (unpaired) electrons. The molecule has 0 atom stereocenters. The first kappa shape index (κ1) is 17.2. The lowest BCUT2D eigenvalue weighted by Crippen LogP contribution is -2.20. The second-order valence-electron chi connectivity index (χ2n) is 5.96. The van der Waals surface area contributed by atoms with Crippen LogP contribution in [0.3, 0.4) is 0 Å². The Bertz CT molecular complexity index is 1040. The van der Waals surface area contributed by atoms with E-state index in [0.29, 0.717) is 16.6 Å². The number of rotatable bonds is 3. The van der Waals surface area contributed by atoms with E-state index in [1.54, 1.807) is 10.8 Å². The highest BCUT2D eigenvalue weighted by Gasteiger charge is 2.10. The Balaban J connectivity index is 1.92. The minimum Gasteiger partial charge on any atom is -0.338 e. The van der Waals surface area contributed by atoms with Gasteiger partial charge in [-0.2, -0.15) is 0 Å². The molecule has 0 fully saturated rings. The number of hydrogen-bond donors (Lipinski definition) is 1. The van der Waals surface area contributed by atoms with Gasteiger partial charge in [0.25, 0.3) is 0 Å². The molecule has 0 aliphatic carbocycles. The molecule has 3 rings (SSSR count). The van der Waals surface area contributed by atoms with Crippen molar-refractivity contribution in [2.75, 3.05) is 5.32 Å². The first-order chi connectivity index (χ1) is 11.8. The van der Waals surface area contributed by atoms with Crippen molar-refractivity contribution in [3.63, 3.8) is 0 Å². The molecule has 3 aromatic rings. The summed E-state index contributed by atoms with van der Waals surface area (Å²) >= 11 is 5.72. The van der Waals surface area contributed by atoms with E-state index in [4.69, 9.17) is 11.6 Å². The first-order valence-electron chi connectivity index (χ1n) is 7.70. The summed E-state index contributed by atoms with van der Waals surface area (Å²) in [7, 11) is 0. The monoisotopic (exact) mass is 358 g/mol. The van der Waals surface area contributed by atoms with E-state index in [2.05, 4.69) is 5.32 Å². The highest BCUT2D eigenvalue weighted by atomic mass is 35.5. The third kappa shape index (κ3) is 3.56. The fourth-order valence-electron chi connectivity index (χ4n) is 2.88. The van der Waals surface area contributed by atoms with Gasteiger partial charge in [-0.15, -0.1) is 0 Å². The van der Waals surface area contributed by atoms with Crippen LogP contribution in [0, 0.1) is 19.7 Å². The normalized spacial score (nSPS) is 10.9. The topological polar surface area (TPSA) is 51.1 Å². The van der Waals surface area contributed by atoms with Gasteiger partial charge in [-0.05, 0) is 49.2 Å². The van der Waals surface area contributed by atoms with Crippen LogP contribution in [0.15, 0.2) is 47.4 Å². The molecule has 0 saturated heterocycles. The first-order valence-corrected chi connectivity index (χ1v) is 8.08. The number of hydrogen-bond acceptors (Lipinski definition) is 2. The van der Waals surface area contributed by atoms with Crippen LogP contribution in [0.1, 0.15) is 11.1 Å². The van der Waals surface area contributed by atoms with E-state index < -0.39 is 5.82 Å². The molecule has 1 amide bonds. The number of carbonyl (C=O) groups is 1. The summed E-state index contributed by atoms with van der Waals surface area (Å²) < 4.78 is 14.9. The van der Waals surface area contributed by atoms with Gasteiger partial charge in [0.15, 0.2) is 5.43 Å². The maximum atomic E-state index is 13.2. The Morgan fingerprint density at radius 1 is 1.20 bits per heavy atom. The van der Waals surface area contributed by atoms with Crippen molar-refractivity contribution >= 4 is 34.1 Å². The van der Waals surface area contributed by atoms with Crippen molar-refractivity contribution in [2.24, 2.45) is 0 Å². The SMILES string of the molecule is Cc1cc(C)c2c(=O)ccn(CC(=O)Nc3ccc(F)c(Cl)c3)c2c1. The highest BCUT2D eigenvalue weighted by molar-refractivity contribution is 6.31. The maximum Gasteiger partial charge on any atom is 0.244 e. The maximum absolute atomic E-state index is 13.2. The Labute approximate surface area is 148 Å². The molecule has 1 aromatic heterocycles. The molecule has 0 saturated carbocycles. The third-order valence-electron chi connectivity index (χ3n) is 3.94. The fourth-order valence-corrected chi connectivity index (χ4v) is 3.06. The number of aryl methyl sites for hydroxylation is 2. The van der Waals surface area contributed by atoms with Crippen LogP contribution < -0.4 is 10.7 Å². The lowest BCUT2D eigenvalue weighted by atomic mass is 10.1. The molecule has 0 aliphatic rings. The van der Waals surface area contributed by atoms with E-state index in [-0.39, 0.29) is 22.9 Å². The number of nitrogens with one attached hydrogen (secondary N) is 1. The summed E-state index contributed by atoms with van der Waals surface area (Å²) in [6.07, 6.45) is 1.60. The summed E-state index contributed by atoms with van der Waals surface area (Å²) in [4.78, 5) is 24.5. The van der Waals surface area contributed by atoms with Gasteiger partial charge in [0.1, 0.15) is 12.4 Å². The van der Waals surface area contributed by atoms with Crippen LogP contribution in [0.2, 0.25) is 5.02 Å². The zero-order valence-electron chi connectivity index (χ0n) is 13.8. The zero-order chi connectivity index (χ0) is 18.1. The predicted molar refractivity (Wildman–Crippen MR) is 97.7 cm³/mol. The standard InChI is InChI=1S/C19H16ClFN2O2/c1-11-7-12(2)19-16(8-11)23(6-5-17(19)24)10-18(25)22-13-3-4-15(21)14(20)9-13/h3-9H,10H2,1-2H3,(H,22,25). The van der Waals surface area contributed by atoms with Crippen LogP contribution >= 0.6 is 11.6 Å². The van der Waals surface area contributed by atoms with Gasteiger partial charge in [0.2, 0.25) is 5.91 Å².